The predicted octanol–water partition coefficient (Wildman–Crippen LogP) is 3.09. The van der Waals surface area contributed by atoms with Crippen molar-refractivity contribution in [3.8, 4) is 21.9 Å². The first kappa shape index (κ1) is 23.3. The van der Waals surface area contributed by atoms with Gasteiger partial charge in [0.25, 0.3) is 0 Å². The normalized spacial score (nSPS) is 13.3. The quantitative estimate of drug-likeness (QED) is 0.452. The van der Waals surface area contributed by atoms with Gasteiger partial charge in [0.05, 0.1) is 26.5 Å². The fraction of sp³-hybridized carbons (Fsp3) is 0.364. The third kappa shape index (κ3) is 5.08. The van der Waals surface area contributed by atoms with Crippen LogP contribution in [0.2, 0.25) is 0 Å². The summed E-state index contributed by atoms with van der Waals surface area (Å²) in [4.78, 5) is 50.5. The minimum absolute atomic E-state index is 0.00487. The highest BCUT2D eigenvalue weighted by molar-refractivity contribution is 7.18. The summed E-state index contributed by atoms with van der Waals surface area (Å²) in [6.45, 7) is 1.89. The van der Waals surface area contributed by atoms with Crippen molar-refractivity contribution in [3.63, 3.8) is 0 Å². The Hall–Kier alpha value is -3.40. The summed E-state index contributed by atoms with van der Waals surface area (Å²) in [5.74, 6) is -0.425. The molecular weight excluding hydrogens is 436 g/mol. The van der Waals surface area contributed by atoms with Gasteiger partial charge in [-0.2, -0.15) is 0 Å². The van der Waals surface area contributed by atoms with Crippen molar-refractivity contribution in [1.82, 2.24) is 4.90 Å². The van der Waals surface area contributed by atoms with E-state index in [0.717, 1.165) is 10.5 Å². The van der Waals surface area contributed by atoms with Gasteiger partial charge in [0.2, 0.25) is 17.7 Å². The molecule has 3 amide bonds. The van der Waals surface area contributed by atoms with Crippen molar-refractivity contribution >= 4 is 40.7 Å². The van der Waals surface area contributed by atoms with Crippen LogP contribution < -0.4 is 14.8 Å². The summed E-state index contributed by atoms with van der Waals surface area (Å²) in [5, 5.41) is 2.71. The highest BCUT2D eigenvalue weighted by Crippen LogP contribution is 2.39. The van der Waals surface area contributed by atoms with E-state index >= 15 is 0 Å². The number of esters is 1. The molecule has 1 aliphatic heterocycles. The summed E-state index contributed by atoms with van der Waals surface area (Å²) in [5.41, 5.74) is 1.08. The highest BCUT2D eigenvalue weighted by atomic mass is 32.1. The van der Waals surface area contributed by atoms with Crippen LogP contribution in [-0.4, -0.2) is 56.0 Å². The SMILES string of the molecule is CCOC(=O)c1sc(-c2ccc(OC)c(OC)c2)cc1NC(=O)CCN1C(=O)CCC1=O. The third-order valence-electron chi connectivity index (χ3n) is 4.85. The zero-order chi connectivity index (χ0) is 23.3. The van der Waals surface area contributed by atoms with Gasteiger partial charge in [-0.05, 0) is 36.8 Å². The Morgan fingerprint density at radius 2 is 1.75 bits per heavy atom. The smallest absolute Gasteiger partial charge is 0.350 e. The maximum absolute atomic E-state index is 12.5. The zero-order valence-corrected chi connectivity index (χ0v) is 18.9. The molecule has 0 spiro atoms. The molecule has 2 aromatic rings. The Labute approximate surface area is 189 Å². The molecule has 2 heterocycles. The number of likely N-dealkylation sites (tertiary alicyclic amines) is 1. The number of methoxy groups -OCH3 is 2. The Kier molecular flexibility index (Phi) is 7.47. The summed E-state index contributed by atoms with van der Waals surface area (Å²) < 4.78 is 15.7. The molecule has 32 heavy (non-hydrogen) atoms. The zero-order valence-electron chi connectivity index (χ0n) is 18.1. The van der Waals surface area contributed by atoms with Crippen molar-refractivity contribution < 1.29 is 33.4 Å². The number of hydrogen-bond acceptors (Lipinski definition) is 8. The topological polar surface area (TPSA) is 111 Å². The van der Waals surface area contributed by atoms with E-state index in [2.05, 4.69) is 5.32 Å². The van der Waals surface area contributed by atoms with E-state index in [1.807, 2.05) is 6.07 Å². The monoisotopic (exact) mass is 460 g/mol. The molecule has 10 heteroatoms. The molecule has 1 aromatic heterocycles. The van der Waals surface area contributed by atoms with Crippen LogP contribution in [0.15, 0.2) is 24.3 Å². The standard InChI is InChI=1S/C22H24N2O7S/c1-4-31-22(28)21-14(23-18(25)9-10-24-19(26)7-8-20(24)27)12-17(32-21)13-5-6-15(29-2)16(11-13)30-3/h5-6,11-12H,4,7-10H2,1-3H3,(H,23,25). The second-order valence-corrected chi connectivity index (χ2v) is 7.93. The van der Waals surface area contributed by atoms with E-state index in [-0.39, 0.29) is 49.1 Å². The lowest BCUT2D eigenvalue weighted by Gasteiger charge is -2.13. The molecule has 0 atom stereocenters. The number of thiophene rings is 1. The predicted molar refractivity (Wildman–Crippen MR) is 118 cm³/mol. The Balaban J connectivity index is 1.82. The molecule has 0 unspecified atom stereocenters. The summed E-state index contributed by atoms with van der Waals surface area (Å²) >= 11 is 1.18. The molecular formula is C22H24N2O7S. The maximum Gasteiger partial charge on any atom is 0.350 e. The van der Waals surface area contributed by atoms with Gasteiger partial charge in [-0.25, -0.2) is 4.79 Å². The van der Waals surface area contributed by atoms with Crippen molar-refractivity contribution in [3.05, 3.63) is 29.1 Å². The Morgan fingerprint density at radius 1 is 1.06 bits per heavy atom. The van der Waals surface area contributed by atoms with Gasteiger partial charge >= 0.3 is 5.97 Å². The van der Waals surface area contributed by atoms with Gasteiger partial charge in [-0.15, -0.1) is 11.3 Å². The second kappa shape index (κ2) is 10.3. The lowest BCUT2D eigenvalue weighted by Crippen LogP contribution is -2.32. The summed E-state index contributed by atoms with van der Waals surface area (Å²) in [6, 6.07) is 7.02. The van der Waals surface area contributed by atoms with Gasteiger partial charge in [-0.3, -0.25) is 19.3 Å². The molecule has 170 valence electrons. The van der Waals surface area contributed by atoms with Gasteiger partial charge in [0.1, 0.15) is 4.88 Å². The molecule has 0 bridgehead atoms. The lowest BCUT2D eigenvalue weighted by molar-refractivity contribution is -0.138. The number of anilines is 1. The fourth-order valence-corrected chi connectivity index (χ4v) is 4.27. The first-order valence-electron chi connectivity index (χ1n) is 10.0. The summed E-state index contributed by atoms with van der Waals surface area (Å²) in [6.07, 6.45) is 0.278. The van der Waals surface area contributed by atoms with Crippen molar-refractivity contribution in [2.45, 2.75) is 26.2 Å². The number of amides is 3. The number of nitrogens with one attached hydrogen (secondary N) is 1. The Morgan fingerprint density at radius 3 is 2.38 bits per heavy atom. The minimum atomic E-state index is -0.551. The molecule has 3 rings (SSSR count). The number of ether oxygens (including phenoxy) is 3. The largest absolute Gasteiger partial charge is 0.493 e. The molecule has 0 aliphatic carbocycles. The molecule has 0 radical (unpaired) electrons. The second-order valence-electron chi connectivity index (χ2n) is 6.88. The highest BCUT2D eigenvalue weighted by Gasteiger charge is 2.29. The van der Waals surface area contributed by atoms with Crippen LogP contribution in [0.1, 0.15) is 35.9 Å². The van der Waals surface area contributed by atoms with Crippen molar-refractivity contribution in [1.29, 1.82) is 0 Å². The van der Waals surface area contributed by atoms with E-state index in [4.69, 9.17) is 14.2 Å². The summed E-state index contributed by atoms with van der Waals surface area (Å²) in [7, 11) is 3.07. The number of carbonyl (C=O) groups is 4. The van der Waals surface area contributed by atoms with Gasteiger partial charge in [0.15, 0.2) is 11.5 Å². The van der Waals surface area contributed by atoms with E-state index < -0.39 is 11.9 Å². The molecule has 1 fully saturated rings. The number of benzene rings is 1. The van der Waals surface area contributed by atoms with Gasteiger partial charge in [-0.1, -0.05) is 0 Å². The average molecular weight is 461 g/mol. The number of nitrogens with zero attached hydrogens (tertiary/aromatic N) is 1. The van der Waals surface area contributed by atoms with Crippen molar-refractivity contribution in [2.75, 3.05) is 32.7 Å². The molecule has 9 nitrogen and oxygen atoms in total. The number of imide groups is 1. The molecule has 0 saturated carbocycles. The van der Waals surface area contributed by atoms with Gasteiger partial charge < -0.3 is 19.5 Å². The number of rotatable bonds is 9. The molecule has 1 N–H and O–H groups in total. The first-order chi connectivity index (χ1) is 15.4. The molecule has 1 aromatic carbocycles. The van der Waals surface area contributed by atoms with E-state index in [9.17, 15) is 19.2 Å². The average Bonchev–Trinajstić information content (AvgIpc) is 3.34. The van der Waals surface area contributed by atoms with Crippen LogP contribution in [0, 0.1) is 0 Å². The van der Waals surface area contributed by atoms with E-state index in [1.165, 1.54) is 18.4 Å². The van der Waals surface area contributed by atoms with E-state index in [0.29, 0.717) is 22.1 Å². The van der Waals surface area contributed by atoms with Crippen molar-refractivity contribution in [2.24, 2.45) is 0 Å². The Bertz CT molecular complexity index is 1030. The molecule has 1 aliphatic rings. The van der Waals surface area contributed by atoms with Gasteiger partial charge in [0, 0.05) is 30.7 Å². The van der Waals surface area contributed by atoms with Crippen LogP contribution in [0.25, 0.3) is 10.4 Å². The van der Waals surface area contributed by atoms with Crippen LogP contribution in [-0.2, 0) is 19.1 Å². The molecule has 1 saturated heterocycles. The first-order valence-corrected chi connectivity index (χ1v) is 10.9. The van der Waals surface area contributed by atoms with Crippen LogP contribution in [0.4, 0.5) is 5.69 Å². The number of hydrogen-bond donors (Lipinski definition) is 1. The maximum atomic E-state index is 12.5. The number of carbonyl (C=O) groups excluding carboxylic acids is 4. The van der Waals surface area contributed by atoms with Crippen LogP contribution in [0.3, 0.4) is 0 Å². The minimum Gasteiger partial charge on any atom is -0.493 e. The lowest BCUT2D eigenvalue weighted by atomic mass is 10.1. The third-order valence-corrected chi connectivity index (χ3v) is 6.02. The van der Waals surface area contributed by atoms with Crippen LogP contribution in [0.5, 0.6) is 11.5 Å². The van der Waals surface area contributed by atoms with E-state index in [1.54, 1.807) is 32.2 Å². The van der Waals surface area contributed by atoms with Crippen LogP contribution >= 0.6 is 11.3 Å². The fourth-order valence-electron chi connectivity index (χ4n) is 3.26.